The van der Waals surface area contributed by atoms with Crippen LogP contribution in [0.5, 0.6) is 0 Å². The number of benzene rings is 2. The van der Waals surface area contributed by atoms with E-state index in [4.69, 9.17) is 0 Å². The number of carbonyl (C=O) groups excluding carboxylic acids is 3. The first kappa shape index (κ1) is 19.3. The van der Waals surface area contributed by atoms with Gasteiger partial charge in [-0.25, -0.2) is 14.5 Å². The number of hydrogen-bond acceptors (Lipinski definition) is 5. The molecule has 1 aliphatic rings. The van der Waals surface area contributed by atoms with Crippen LogP contribution in [0.2, 0.25) is 0 Å². The molecule has 0 bridgehead atoms. The van der Waals surface area contributed by atoms with Crippen molar-refractivity contribution in [1.29, 1.82) is 0 Å². The molecule has 1 aromatic heterocycles. The third-order valence-electron chi connectivity index (χ3n) is 4.73. The van der Waals surface area contributed by atoms with Crippen molar-refractivity contribution in [3.05, 3.63) is 78.4 Å². The largest absolute Gasteiger partial charge is 0.326 e. The summed E-state index contributed by atoms with van der Waals surface area (Å²) in [6.45, 7) is 0.755. The van der Waals surface area contributed by atoms with E-state index < -0.39 is 18.0 Å². The summed E-state index contributed by atoms with van der Waals surface area (Å²) in [6, 6.07) is 15.2. The number of anilines is 1. The number of imide groups is 1. The average Bonchev–Trinajstić information content (AvgIpc) is 3.34. The molecular weight excluding hydrogens is 384 g/mol. The van der Waals surface area contributed by atoms with Gasteiger partial charge in [-0.15, -0.1) is 0 Å². The molecule has 4 amide bonds. The zero-order valence-corrected chi connectivity index (χ0v) is 16.1. The van der Waals surface area contributed by atoms with Crippen molar-refractivity contribution in [3.8, 4) is 0 Å². The predicted octanol–water partition coefficient (Wildman–Crippen LogP) is 1.78. The highest BCUT2D eigenvalue weighted by Gasteiger charge is 2.38. The van der Waals surface area contributed by atoms with E-state index in [1.165, 1.54) is 6.33 Å². The van der Waals surface area contributed by atoms with Gasteiger partial charge in [-0.1, -0.05) is 42.5 Å². The molecule has 3 aromatic rings. The van der Waals surface area contributed by atoms with Gasteiger partial charge in [-0.05, 0) is 23.3 Å². The zero-order chi connectivity index (χ0) is 20.9. The van der Waals surface area contributed by atoms with Crippen molar-refractivity contribution in [3.63, 3.8) is 0 Å². The minimum Gasteiger partial charge on any atom is -0.326 e. The summed E-state index contributed by atoms with van der Waals surface area (Å²) in [6.07, 6.45) is 2.97. The highest BCUT2D eigenvalue weighted by atomic mass is 16.2. The molecule has 2 N–H and O–H groups in total. The lowest BCUT2D eigenvalue weighted by Crippen LogP contribution is -2.34. The van der Waals surface area contributed by atoms with E-state index in [-0.39, 0.29) is 18.9 Å². The van der Waals surface area contributed by atoms with Crippen LogP contribution in [0.3, 0.4) is 0 Å². The summed E-state index contributed by atoms with van der Waals surface area (Å²) < 4.78 is 1.70. The standard InChI is InChI=1S/C21H20N6O3/c28-19(24-17-8-6-16(7-9-17)11-26-14-22-13-23-26)10-18-20(29)27(21(30)25-18)12-15-4-2-1-3-5-15/h1-9,13-14,18H,10-12H2,(H,24,28)(H,25,30)/t18-/m0/s1. The highest BCUT2D eigenvalue weighted by molar-refractivity contribution is 6.06. The minimum atomic E-state index is -0.868. The predicted molar refractivity (Wildman–Crippen MR) is 108 cm³/mol. The van der Waals surface area contributed by atoms with Crippen LogP contribution in [0, 0.1) is 0 Å². The molecule has 4 rings (SSSR count). The monoisotopic (exact) mass is 404 g/mol. The maximum absolute atomic E-state index is 12.6. The molecule has 1 fully saturated rings. The Morgan fingerprint density at radius 3 is 2.43 bits per heavy atom. The van der Waals surface area contributed by atoms with Crippen LogP contribution < -0.4 is 10.6 Å². The molecule has 1 atom stereocenters. The average molecular weight is 404 g/mol. The first-order chi connectivity index (χ1) is 14.6. The second-order valence-corrected chi connectivity index (χ2v) is 6.95. The summed E-state index contributed by atoms with van der Waals surface area (Å²) in [5.41, 5.74) is 2.46. The Balaban J connectivity index is 1.31. The molecule has 0 saturated carbocycles. The van der Waals surface area contributed by atoms with E-state index in [2.05, 4.69) is 20.7 Å². The van der Waals surface area contributed by atoms with Gasteiger partial charge in [-0.2, -0.15) is 5.10 Å². The van der Waals surface area contributed by atoms with E-state index in [0.717, 1.165) is 16.0 Å². The first-order valence-corrected chi connectivity index (χ1v) is 9.45. The molecule has 0 unspecified atom stereocenters. The van der Waals surface area contributed by atoms with Crippen molar-refractivity contribution in [2.75, 3.05) is 5.32 Å². The van der Waals surface area contributed by atoms with E-state index >= 15 is 0 Å². The van der Waals surface area contributed by atoms with Gasteiger partial charge in [0.05, 0.1) is 19.5 Å². The van der Waals surface area contributed by atoms with Crippen LogP contribution >= 0.6 is 0 Å². The molecule has 0 radical (unpaired) electrons. The number of nitrogens with zero attached hydrogens (tertiary/aromatic N) is 4. The molecule has 9 nitrogen and oxygen atoms in total. The van der Waals surface area contributed by atoms with Crippen molar-refractivity contribution in [2.24, 2.45) is 0 Å². The second-order valence-electron chi connectivity index (χ2n) is 6.95. The Morgan fingerprint density at radius 2 is 1.73 bits per heavy atom. The lowest BCUT2D eigenvalue weighted by Gasteiger charge is -2.13. The second kappa shape index (κ2) is 8.56. The molecule has 2 aromatic carbocycles. The molecule has 9 heteroatoms. The summed E-state index contributed by atoms with van der Waals surface area (Å²) >= 11 is 0. The minimum absolute atomic E-state index is 0.128. The molecule has 1 aliphatic heterocycles. The van der Waals surface area contributed by atoms with E-state index in [9.17, 15) is 14.4 Å². The molecule has 1 saturated heterocycles. The van der Waals surface area contributed by atoms with E-state index in [1.807, 2.05) is 42.5 Å². The number of hydrogen-bond donors (Lipinski definition) is 2. The maximum Gasteiger partial charge on any atom is 0.325 e. The number of urea groups is 1. The Labute approximate surface area is 172 Å². The van der Waals surface area contributed by atoms with Crippen LogP contribution in [0.15, 0.2) is 67.3 Å². The van der Waals surface area contributed by atoms with E-state index in [1.54, 1.807) is 23.1 Å². The van der Waals surface area contributed by atoms with Gasteiger partial charge >= 0.3 is 6.03 Å². The van der Waals surface area contributed by atoms with Crippen LogP contribution in [0.1, 0.15) is 17.5 Å². The lowest BCUT2D eigenvalue weighted by atomic mass is 10.1. The Kier molecular flexibility index (Phi) is 5.51. The van der Waals surface area contributed by atoms with Gasteiger partial charge in [0.15, 0.2) is 0 Å². The molecule has 0 spiro atoms. The quantitative estimate of drug-likeness (QED) is 0.584. The number of amides is 4. The SMILES string of the molecule is O=C(C[C@@H]1NC(=O)N(Cc2ccccc2)C1=O)Nc1ccc(Cn2cncn2)cc1. The number of nitrogens with one attached hydrogen (secondary N) is 2. The number of carbonyl (C=O) groups is 3. The zero-order valence-electron chi connectivity index (χ0n) is 16.1. The third kappa shape index (κ3) is 4.52. The Hall–Kier alpha value is -4.01. The summed E-state index contributed by atoms with van der Waals surface area (Å²) in [4.78, 5) is 42.1. The normalized spacial score (nSPS) is 15.9. The first-order valence-electron chi connectivity index (χ1n) is 9.45. The number of rotatable bonds is 7. The Morgan fingerprint density at radius 1 is 1.00 bits per heavy atom. The van der Waals surface area contributed by atoms with Gasteiger partial charge in [0.25, 0.3) is 5.91 Å². The van der Waals surface area contributed by atoms with Gasteiger partial charge in [-0.3, -0.25) is 14.5 Å². The van der Waals surface area contributed by atoms with Crippen molar-refractivity contribution >= 4 is 23.5 Å². The molecule has 152 valence electrons. The summed E-state index contributed by atoms with van der Waals surface area (Å²) in [5, 5.41) is 9.40. The highest BCUT2D eigenvalue weighted by Crippen LogP contribution is 2.16. The fourth-order valence-corrected chi connectivity index (χ4v) is 3.22. The third-order valence-corrected chi connectivity index (χ3v) is 4.73. The van der Waals surface area contributed by atoms with Crippen LogP contribution in [0.25, 0.3) is 0 Å². The van der Waals surface area contributed by atoms with Crippen LogP contribution in [0.4, 0.5) is 10.5 Å². The fraction of sp³-hybridized carbons (Fsp3) is 0.190. The fourth-order valence-electron chi connectivity index (χ4n) is 3.22. The van der Waals surface area contributed by atoms with E-state index in [0.29, 0.717) is 12.2 Å². The Bertz CT molecular complexity index is 1030. The summed E-state index contributed by atoms with van der Waals surface area (Å²) in [5.74, 6) is -0.749. The van der Waals surface area contributed by atoms with Gasteiger partial charge in [0.1, 0.15) is 18.7 Å². The number of aromatic nitrogens is 3. The lowest BCUT2D eigenvalue weighted by molar-refractivity contribution is -0.130. The van der Waals surface area contributed by atoms with Gasteiger partial charge < -0.3 is 10.6 Å². The van der Waals surface area contributed by atoms with Crippen molar-refractivity contribution < 1.29 is 14.4 Å². The van der Waals surface area contributed by atoms with Crippen LogP contribution in [-0.2, 0) is 22.7 Å². The van der Waals surface area contributed by atoms with Crippen molar-refractivity contribution in [1.82, 2.24) is 25.0 Å². The molecule has 0 aliphatic carbocycles. The summed E-state index contributed by atoms with van der Waals surface area (Å²) in [7, 11) is 0. The van der Waals surface area contributed by atoms with Gasteiger partial charge in [0, 0.05) is 5.69 Å². The van der Waals surface area contributed by atoms with Crippen LogP contribution in [-0.4, -0.2) is 43.6 Å². The van der Waals surface area contributed by atoms with Gasteiger partial charge in [0.2, 0.25) is 5.91 Å². The molecule has 2 heterocycles. The molecule has 30 heavy (non-hydrogen) atoms. The van der Waals surface area contributed by atoms with Crippen molar-refractivity contribution in [2.45, 2.75) is 25.6 Å². The maximum atomic E-state index is 12.6. The molecular formula is C21H20N6O3. The smallest absolute Gasteiger partial charge is 0.325 e. The topological polar surface area (TPSA) is 109 Å².